The Kier molecular flexibility index (Phi) is 4.14. The molecular weight excluding hydrogens is 419 g/mol. The number of piperidine rings is 1. The van der Waals surface area contributed by atoms with Gasteiger partial charge in [-0.25, -0.2) is 0 Å². The van der Waals surface area contributed by atoms with Crippen LogP contribution in [0.4, 0.5) is 0 Å². The van der Waals surface area contributed by atoms with Gasteiger partial charge in [0.15, 0.2) is 0 Å². The molecule has 2 aliphatic rings. The summed E-state index contributed by atoms with van der Waals surface area (Å²) in [6.45, 7) is 2.90. The number of rotatable bonds is 1. The first-order valence-electron chi connectivity index (χ1n) is 6.63. The third-order valence-corrected chi connectivity index (χ3v) is 5.53. The van der Waals surface area contributed by atoms with Gasteiger partial charge in [0.05, 0.1) is 5.56 Å². The van der Waals surface area contributed by atoms with Crippen LogP contribution in [0, 0.1) is 9.49 Å². The van der Waals surface area contributed by atoms with E-state index in [4.69, 9.17) is 0 Å². The van der Waals surface area contributed by atoms with Gasteiger partial charge in [-0.05, 0) is 59.5 Å². The molecule has 1 aromatic carbocycles. The Morgan fingerprint density at radius 2 is 2.26 bits per heavy atom. The van der Waals surface area contributed by atoms with Crippen molar-refractivity contribution in [2.75, 3.05) is 19.6 Å². The molecule has 1 N–H and O–H groups in total. The molecular formula is C14H16BrIN2O. The van der Waals surface area contributed by atoms with E-state index in [-0.39, 0.29) is 5.91 Å². The number of halogens is 2. The second kappa shape index (κ2) is 5.69. The third-order valence-electron chi connectivity index (χ3n) is 4.10. The zero-order valence-electron chi connectivity index (χ0n) is 10.5. The highest BCUT2D eigenvalue weighted by Crippen LogP contribution is 2.29. The first-order chi connectivity index (χ1) is 9.16. The molecule has 1 amide bonds. The van der Waals surface area contributed by atoms with E-state index in [9.17, 15) is 4.79 Å². The Bertz CT molecular complexity index is 508. The van der Waals surface area contributed by atoms with E-state index in [0.717, 1.165) is 39.7 Å². The van der Waals surface area contributed by atoms with E-state index in [1.807, 2.05) is 18.2 Å². The van der Waals surface area contributed by atoms with Crippen LogP contribution in [0.1, 0.15) is 23.2 Å². The Morgan fingerprint density at radius 1 is 1.42 bits per heavy atom. The molecule has 2 saturated heterocycles. The number of amides is 1. The molecule has 0 aromatic heterocycles. The van der Waals surface area contributed by atoms with E-state index >= 15 is 0 Å². The summed E-state index contributed by atoms with van der Waals surface area (Å²) in [6.07, 6.45) is 2.37. The molecule has 102 valence electrons. The standard InChI is InChI=1S/C14H16BrIN2O/c15-10-3-4-12(16)11(6-10)14(19)18-5-1-2-9-7-17-8-13(9)18/h3-4,6,9,13,17H,1-2,5,7-8H2. The van der Waals surface area contributed by atoms with Gasteiger partial charge in [-0.3, -0.25) is 4.79 Å². The van der Waals surface area contributed by atoms with Crippen LogP contribution in [0.25, 0.3) is 0 Å². The molecule has 3 nitrogen and oxygen atoms in total. The maximum atomic E-state index is 12.8. The van der Waals surface area contributed by atoms with Gasteiger partial charge in [0.2, 0.25) is 0 Å². The minimum Gasteiger partial charge on any atom is -0.334 e. The van der Waals surface area contributed by atoms with E-state index in [2.05, 4.69) is 48.7 Å². The molecule has 2 fully saturated rings. The topological polar surface area (TPSA) is 32.3 Å². The lowest BCUT2D eigenvalue weighted by atomic mass is 9.91. The molecule has 5 heteroatoms. The first-order valence-corrected chi connectivity index (χ1v) is 8.51. The molecule has 0 radical (unpaired) electrons. The van der Waals surface area contributed by atoms with Gasteiger partial charge >= 0.3 is 0 Å². The number of nitrogens with zero attached hydrogens (tertiary/aromatic N) is 1. The molecule has 2 heterocycles. The normalized spacial score (nSPS) is 26.3. The van der Waals surface area contributed by atoms with Crippen molar-refractivity contribution in [1.29, 1.82) is 0 Å². The number of nitrogens with one attached hydrogen (secondary N) is 1. The van der Waals surface area contributed by atoms with Crippen molar-refractivity contribution >= 4 is 44.4 Å². The van der Waals surface area contributed by atoms with Crippen LogP contribution in [0.3, 0.4) is 0 Å². The highest BCUT2D eigenvalue weighted by molar-refractivity contribution is 14.1. The van der Waals surface area contributed by atoms with E-state index < -0.39 is 0 Å². The van der Waals surface area contributed by atoms with Gasteiger partial charge in [0.1, 0.15) is 0 Å². The summed E-state index contributed by atoms with van der Waals surface area (Å²) in [4.78, 5) is 14.9. The average Bonchev–Trinajstić information content (AvgIpc) is 2.89. The lowest BCUT2D eigenvalue weighted by Gasteiger charge is -2.37. The summed E-state index contributed by atoms with van der Waals surface area (Å²) in [7, 11) is 0. The summed E-state index contributed by atoms with van der Waals surface area (Å²) in [6, 6.07) is 6.30. The Labute approximate surface area is 135 Å². The van der Waals surface area contributed by atoms with Crippen molar-refractivity contribution in [3.8, 4) is 0 Å². The molecule has 3 rings (SSSR count). The van der Waals surface area contributed by atoms with Gasteiger partial charge in [0.25, 0.3) is 5.91 Å². The predicted octanol–water partition coefficient (Wildman–Crippen LogP) is 2.88. The van der Waals surface area contributed by atoms with Gasteiger partial charge < -0.3 is 10.2 Å². The summed E-state index contributed by atoms with van der Waals surface area (Å²) >= 11 is 5.70. The summed E-state index contributed by atoms with van der Waals surface area (Å²) in [5.74, 6) is 0.826. The zero-order chi connectivity index (χ0) is 13.4. The fourth-order valence-electron chi connectivity index (χ4n) is 3.14. The summed E-state index contributed by atoms with van der Waals surface area (Å²) in [5.41, 5.74) is 0.822. The van der Waals surface area contributed by atoms with Crippen molar-refractivity contribution in [3.05, 3.63) is 31.8 Å². The second-order valence-corrected chi connectivity index (χ2v) is 7.33. The monoisotopic (exact) mass is 434 g/mol. The minimum atomic E-state index is 0.184. The predicted molar refractivity (Wildman–Crippen MR) is 87.3 cm³/mol. The highest BCUT2D eigenvalue weighted by Gasteiger charge is 2.37. The van der Waals surface area contributed by atoms with Crippen LogP contribution in [-0.4, -0.2) is 36.5 Å². The Balaban J connectivity index is 1.88. The number of hydrogen-bond acceptors (Lipinski definition) is 2. The molecule has 0 saturated carbocycles. The maximum Gasteiger partial charge on any atom is 0.255 e. The number of fused-ring (bicyclic) bond motifs is 1. The van der Waals surface area contributed by atoms with Crippen LogP contribution in [0.2, 0.25) is 0 Å². The molecule has 2 atom stereocenters. The third kappa shape index (κ3) is 2.69. The van der Waals surface area contributed by atoms with Crippen molar-refractivity contribution in [2.24, 2.45) is 5.92 Å². The van der Waals surface area contributed by atoms with Crippen molar-refractivity contribution in [3.63, 3.8) is 0 Å². The quantitative estimate of drug-likeness (QED) is 0.689. The van der Waals surface area contributed by atoms with Crippen LogP contribution in [0.5, 0.6) is 0 Å². The van der Waals surface area contributed by atoms with Crippen LogP contribution in [-0.2, 0) is 0 Å². The van der Waals surface area contributed by atoms with Crippen LogP contribution < -0.4 is 5.32 Å². The minimum absolute atomic E-state index is 0.184. The van der Waals surface area contributed by atoms with E-state index in [1.54, 1.807) is 0 Å². The summed E-state index contributed by atoms with van der Waals surface area (Å²) in [5, 5.41) is 3.42. The van der Waals surface area contributed by atoms with E-state index in [1.165, 1.54) is 6.42 Å². The average molecular weight is 435 g/mol. The number of carbonyl (C=O) groups excluding carboxylic acids is 1. The van der Waals surface area contributed by atoms with Gasteiger partial charge in [0, 0.05) is 33.7 Å². The number of hydrogen-bond donors (Lipinski definition) is 1. The van der Waals surface area contributed by atoms with Crippen LogP contribution in [0.15, 0.2) is 22.7 Å². The molecule has 0 aliphatic carbocycles. The SMILES string of the molecule is O=C(c1cc(Br)ccc1I)N1CCCC2CNCC21. The molecule has 1 aromatic rings. The second-order valence-electron chi connectivity index (χ2n) is 5.25. The molecule has 2 unspecified atom stereocenters. The maximum absolute atomic E-state index is 12.8. The lowest BCUT2D eigenvalue weighted by Crippen LogP contribution is -2.48. The van der Waals surface area contributed by atoms with Crippen molar-refractivity contribution < 1.29 is 4.79 Å². The molecule has 2 aliphatic heterocycles. The largest absolute Gasteiger partial charge is 0.334 e. The van der Waals surface area contributed by atoms with Gasteiger partial charge in [-0.1, -0.05) is 15.9 Å². The highest BCUT2D eigenvalue weighted by atomic mass is 127. The molecule has 0 spiro atoms. The van der Waals surface area contributed by atoms with Crippen LogP contribution >= 0.6 is 38.5 Å². The van der Waals surface area contributed by atoms with Gasteiger partial charge in [-0.2, -0.15) is 0 Å². The fourth-order valence-corrected chi connectivity index (χ4v) is 4.06. The number of likely N-dealkylation sites (tertiary alicyclic amines) is 1. The number of benzene rings is 1. The molecule has 0 bridgehead atoms. The molecule has 19 heavy (non-hydrogen) atoms. The smallest absolute Gasteiger partial charge is 0.255 e. The van der Waals surface area contributed by atoms with E-state index in [0.29, 0.717) is 12.0 Å². The van der Waals surface area contributed by atoms with Gasteiger partial charge in [-0.15, -0.1) is 0 Å². The Hall–Kier alpha value is -0.140. The summed E-state index contributed by atoms with van der Waals surface area (Å²) < 4.78 is 1.99. The lowest BCUT2D eigenvalue weighted by molar-refractivity contribution is 0.0573. The fraction of sp³-hybridized carbons (Fsp3) is 0.500. The first kappa shape index (κ1) is 13.8. The Morgan fingerprint density at radius 3 is 3.11 bits per heavy atom. The van der Waals surface area contributed by atoms with Crippen molar-refractivity contribution in [1.82, 2.24) is 10.2 Å². The van der Waals surface area contributed by atoms with Crippen molar-refractivity contribution in [2.45, 2.75) is 18.9 Å². The number of carbonyl (C=O) groups is 1. The zero-order valence-corrected chi connectivity index (χ0v) is 14.3.